The first-order valence-electron chi connectivity index (χ1n) is 6.02. The van der Waals surface area contributed by atoms with Crippen LogP contribution in [-0.2, 0) is 11.3 Å². The number of carbonyl (C=O) groups excluding carboxylic acids is 1. The Labute approximate surface area is 125 Å². The maximum atomic E-state index is 11.7. The number of hydrogen-bond donors (Lipinski definition) is 1. The molecule has 20 heavy (non-hydrogen) atoms. The van der Waals surface area contributed by atoms with Crippen molar-refractivity contribution in [1.29, 1.82) is 0 Å². The standard InChI is InChI=1S/C15H14BrNO3/c1-19-13-5-3-2-4-11(13)10-17-15(18)9-7-12-6-8-14(16)20-12/h2-9H,10H2,1H3,(H,17,18)/b9-7+. The summed E-state index contributed by atoms with van der Waals surface area (Å²) < 4.78 is 11.1. The van der Waals surface area contributed by atoms with Gasteiger partial charge in [-0.05, 0) is 40.2 Å². The minimum Gasteiger partial charge on any atom is -0.496 e. The number of methoxy groups -OCH3 is 1. The first-order valence-corrected chi connectivity index (χ1v) is 6.81. The molecule has 1 N–H and O–H groups in total. The van der Waals surface area contributed by atoms with E-state index in [1.807, 2.05) is 24.3 Å². The third-order valence-electron chi connectivity index (χ3n) is 2.64. The maximum Gasteiger partial charge on any atom is 0.244 e. The second-order valence-corrected chi connectivity index (χ2v) is 4.79. The number of amides is 1. The Hall–Kier alpha value is -2.01. The summed E-state index contributed by atoms with van der Waals surface area (Å²) in [5.41, 5.74) is 0.928. The third-order valence-corrected chi connectivity index (χ3v) is 3.06. The summed E-state index contributed by atoms with van der Waals surface area (Å²) in [6.07, 6.45) is 3.04. The minimum absolute atomic E-state index is 0.191. The molecule has 1 aromatic heterocycles. The molecule has 4 nitrogen and oxygen atoms in total. The normalized spacial score (nSPS) is 10.7. The van der Waals surface area contributed by atoms with E-state index in [4.69, 9.17) is 9.15 Å². The molecule has 0 aliphatic carbocycles. The van der Waals surface area contributed by atoms with Crippen LogP contribution in [0.5, 0.6) is 5.75 Å². The van der Waals surface area contributed by atoms with E-state index in [1.54, 1.807) is 25.3 Å². The minimum atomic E-state index is -0.191. The molecule has 0 unspecified atom stereocenters. The van der Waals surface area contributed by atoms with Crippen LogP contribution in [0.2, 0.25) is 0 Å². The maximum absolute atomic E-state index is 11.7. The molecule has 0 aliphatic rings. The fraction of sp³-hybridized carbons (Fsp3) is 0.133. The van der Waals surface area contributed by atoms with E-state index in [-0.39, 0.29) is 5.91 Å². The number of nitrogens with one attached hydrogen (secondary N) is 1. The average molecular weight is 336 g/mol. The van der Waals surface area contributed by atoms with Gasteiger partial charge in [0, 0.05) is 18.2 Å². The molecular formula is C15H14BrNO3. The molecule has 104 valence electrons. The smallest absolute Gasteiger partial charge is 0.244 e. The SMILES string of the molecule is COc1ccccc1CNC(=O)/C=C/c1ccc(Br)o1. The summed E-state index contributed by atoms with van der Waals surface area (Å²) in [7, 11) is 1.61. The van der Waals surface area contributed by atoms with Crippen LogP contribution in [0.3, 0.4) is 0 Å². The molecule has 0 radical (unpaired) electrons. The summed E-state index contributed by atoms with van der Waals surface area (Å²) in [6, 6.07) is 11.1. The lowest BCUT2D eigenvalue weighted by Crippen LogP contribution is -2.20. The highest BCUT2D eigenvalue weighted by Crippen LogP contribution is 2.17. The van der Waals surface area contributed by atoms with Crippen LogP contribution in [0.4, 0.5) is 0 Å². The van der Waals surface area contributed by atoms with Crippen LogP contribution in [0, 0.1) is 0 Å². The third kappa shape index (κ3) is 3.99. The number of furan rings is 1. The van der Waals surface area contributed by atoms with Gasteiger partial charge in [-0.15, -0.1) is 0 Å². The van der Waals surface area contributed by atoms with E-state index >= 15 is 0 Å². The number of para-hydroxylation sites is 1. The van der Waals surface area contributed by atoms with E-state index < -0.39 is 0 Å². The van der Waals surface area contributed by atoms with Crippen molar-refractivity contribution in [3.63, 3.8) is 0 Å². The lowest BCUT2D eigenvalue weighted by atomic mass is 10.2. The van der Waals surface area contributed by atoms with Crippen molar-refractivity contribution < 1.29 is 13.9 Å². The molecule has 1 heterocycles. The average Bonchev–Trinajstić information content (AvgIpc) is 2.89. The van der Waals surface area contributed by atoms with Gasteiger partial charge in [-0.3, -0.25) is 4.79 Å². The second-order valence-electron chi connectivity index (χ2n) is 4.00. The van der Waals surface area contributed by atoms with Crippen molar-refractivity contribution in [3.8, 4) is 5.75 Å². The van der Waals surface area contributed by atoms with Crippen molar-refractivity contribution in [2.45, 2.75) is 6.54 Å². The van der Waals surface area contributed by atoms with Gasteiger partial charge >= 0.3 is 0 Å². The lowest BCUT2D eigenvalue weighted by Gasteiger charge is -2.08. The fourth-order valence-corrected chi connectivity index (χ4v) is 1.99. The van der Waals surface area contributed by atoms with Gasteiger partial charge in [0.25, 0.3) is 0 Å². The quantitative estimate of drug-likeness (QED) is 0.852. The Morgan fingerprint density at radius 2 is 2.15 bits per heavy atom. The molecule has 0 bridgehead atoms. The van der Waals surface area contributed by atoms with Gasteiger partial charge in [0.1, 0.15) is 11.5 Å². The van der Waals surface area contributed by atoms with Crippen LogP contribution in [0.15, 0.2) is 51.6 Å². The first kappa shape index (κ1) is 14.4. The Morgan fingerprint density at radius 3 is 2.85 bits per heavy atom. The lowest BCUT2D eigenvalue weighted by molar-refractivity contribution is -0.116. The van der Waals surface area contributed by atoms with Crippen molar-refractivity contribution in [2.24, 2.45) is 0 Å². The van der Waals surface area contributed by atoms with E-state index in [2.05, 4.69) is 21.2 Å². The van der Waals surface area contributed by atoms with Crippen LogP contribution < -0.4 is 10.1 Å². The van der Waals surface area contributed by atoms with Gasteiger partial charge in [0.15, 0.2) is 4.67 Å². The molecule has 2 rings (SSSR count). The van der Waals surface area contributed by atoms with Crippen molar-refractivity contribution in [3.05, 3.63) is 58.5 Å². The first-order chi connectivity index (χ1) is 9.69. The van der Waals surface area contributed by atoms with Gasteiger partial charge in [-0.25, -0.2) is 0 Å². The number of benzene rings is 1. The largest absolute Gasteiger partial charge is 0.496 e. The summed E-state index contributed by atoms with van der Waals surface area (Å²) in [5, 5.41) is 2.79. The molecule has 0 saturated heterocycles. The molecular weight excluding hydrogens is 322 g/mol. The van der Waals surface area contributed by atoms with Crippen molar-refractivity contribution in [1.82, 2.24) is 5.32 Å². The van der Waals surface area contributed by atoms with Gasteiger partial charge < -0.3 is 14.5 Å². The second kappa shape index (κ2) is 6.96. The zero-order valence-electron chi connectivity index (χ0n) is 10.9. The highest BCUT2D eigenvalue weighted by molar-refractivity contribution is 9.10. The van der Waals surface area contributed by atoms with Crippen molar-refractivity contribution >= 4 is 27.9 Å². The molecule has 2 aromatic rings. The van der Waals surface area contributed by atoms with E-state index in [9.17, 15) is 4.79 Å². The van der Waals surface area contributed by atoms with Gasteiger partial charge in [-0.2, -0.15) is 0 Å². The summed E-state index contributed by atoms with van der Waals surface area (Å²) >= 11 is 3.20. The molecule has 0 aliphatic heterocycles. The monoisotopic (exact) mass is 335 g/mol. The Kier molecular flexibility index (Phi) is 5.01. The fourth-order valence-electron chi connectivity index (χ4n) is 1.67. The van der Waals surface area contributed by atoms with Gasteiger partial charge in [0.05, 0.1) is 7.11 Å². The summed E-state index contributed by atoms with van der Waals surface area (Å²) in [4.78, 5) is 11.7. The highest BCUT2D eigenvalue weighted by atomic mass is 79.9. The molecule has 1 aromatic carbocycles. The Balaban J connectivity index is 1.90. The van der Waals surface area contributed by atoms with Crippen molar-refractivity contribution in [2.75, 3.05) is 7.11 Å². The Bertz CT molecular complexity index is 619. The molecule has 5 heteroatoms. The molecule has 0 spiro atoms. The van der Waals surface area contributed by atoms with Crippen LogP contribution in [0.1, 0.15) is 11.3 Å². The number of ether oxygens (including phenoxy) is 1. The topological polar surface area (TPSA) is 51.5 Å². The number of carbonyl (C=O) groups is 1. The predicted molar refractivity (Wildman–Crippen MR) is 80.3 cm³/mol. The molecule has 0 saturated carbocycles. The number of hydrogen-bond acceptors (Lipinski definition) is 3. The molecule has 0 fully saturated rings. The summed E-state index contributed by atoms with van der Waals surface area (Å²) in [6.45, 7) is 0.412. The predicted octanol–water partition coefficient (Wildman–Crippen LogP) is 3.38. The molecule has 0 atom stereocenters. The number of halogens is 1. The zero-order valence-corrected chi connectivity index (χ0v) is 12.5. The van der Waals surface area contributed by atoms with E-state index in [0.29, 0.717) is 17.0 Å². The highest BCUT2D eigenvalue weighted by Gasteiger charge is 2.03. The Morgan fingerprint density at radius 1 is 1.35 bits per heavy atom. The van der Waals surface area contributed by atoms with Crippen LogP contribution in [0.25, 0.3) is 6.08 Å². The van der Waals surface area contributed by atoms with Crippen LogP contribution in [-0.4, -0.2) is 13.0 Å². The summed E-state index contributed by atoms with van der Waals surface area (Å²) in [5.74, 6) is 1.18. The van der Waals surface area contributed by atoms with E-state index in [1.165, 1.54) is 6.08 Å². The van der Waals surface area contributed by atoms with Gasteiger partial charge in [-0.1, -0.05) is 18.2 Å². The van der Waals surface area contributed by atoms with Gasteiger partial charge in [0.2, 0.25) is 5.91 Å². The number of rotatable bonds is 5. The molecule has 1 amide bonds. The van der Waals surface area contributed by atoms with Crippen LogP contribution >= 0.6 is 15.9 Å². The van der Waals surface area contributed by atoms with E-state index in [0.717, 1.165) is 11.3 Å². The zero-order chi connectivity index (χ0) is 14.4.